The van der Waals surface area contributed by atoms with Gasteiger partial charge in [-0.15, -0.1) is 0 Å². The molecule has 1 aliphatic rings. The first-order valence-electron chi connectivity index (χ1n) is 5.59. The maximum absolute atomic E-state index is 11.6. The highest BCUT2D eigenvalue weighted by atomic mass is 16.2. The Balaban J connectivity index is 2.37. The summed E-state index contributed by atoms with van der Waals surface area (Å²) in [5.41, 5.74) is 9.68. The first-order valence-corrected chi connectivity index (χ1v) is 5.59. The van der Waals surface area contributed by atoms with Crippen molar-refractivity contribution < 1.29 is 4.79 Å². The predicted octanol–water partition coefficient (Wildman–Crippen LogP) is 1.53. The van der Waals surface area contributed by atoms with E-state index in [1.54, 1.807) is 4.90 Å². The molecule has 2 atom stereocenters. The summed E-state index contributed by atoms with van der Waals surface area (Å²) in [4.78, 5) is 13.3. The van der Waals surface area contributed by atoms with Gasteiger partial charge in [-0.05, 0) is 30.5 Å². The molecule has 0 aromatic heterocycles. The summed E-state index contributed by atoms with van der Waals surface area (Å²) in [5.74, 6) is 0.135. The van der Waals surface area contributed by atoms with Crippen LogP contribution in [-0.4, -0.2) is 23.9 Å². The van der Waals surface area contributed by atoms with E-state index in [-0.39, 0.29) is 18.0 Å². The minimum absolute atomic E-state index is 0.0341. The van der Waals surface area contributed by atoms with Crippen molar-refractivity contribution in [2.24, 2.45) is 5.73 Å². The molecule has 3 nitrogen and oxygen atoms in total. The molecule has 1 amide bonds. The number of aryl methyl sites for hydroxylation is 2. The Hall–Kier alpha value is -1.35. The van der Waals surface area contributed by atoms with E-state index in [4.69, 9.17) is 5.73 Å². The molecule has 16 heavy (non-hydrogen) atoms. The van der Waals surface area contributed by atoms with Crippen LogP contribution in [0.5, 0.6) is 0 Å². The number of carbonyl (C=O) groups excluding carboxylic acids is 1. The van der Waals surface area contributed by atoms with Crippen molar-refractivity contribution in [1.82, 2.24) is 4.90 Å². The fraction of sp³-hybridized carbons (Fsp3) is 0.462. The van der Waals surface area contributed by atoms with Crippen LogP contribution in [-0.2, 0) is 4.79 Å². The van der Waals surface area contributed by atoms with E-state index in [0.717, 1.165) is 5.56 Å². The van der Waals surface area contributed by atoms with Gasteiger partial charge in [0.05, 0.1) is 6.04 Å². The zero-order valence-corrected chi connectivity index (χ0v) is 10.0. The lowest BCUT2D eigenvalue weighted by Gasteiger charge is -2.23. The van der Waals surface area contributed by atoms with Gasteiger partial charge in [0.25, 0.3) is 0 Å². The van der Waals surface area contributed by atoms with Crippen LogP contribution < -0.4 is 5.73 Å². The molecular formula is C13H18N2O. The summed E-state index contributed by atoms with van der Waals surface area (Å²) in [6.07, 6.45) is 0.452. The Morgan fingerprint density at radius 2 is 2.00 bits per heavy atom. The monoisotopic (exact) mass is 218 g/mol. The molecule has 3 heteroatoms. The topological polar surface area (TPSA) is 46.3 Å². The minimum atomic E-state index is -0.0837. The summed E-state index contributed by atoms with van der Waals surface area (Å²) >= 11 is 0. The van der Waals surface area contributed by atoms with Crippen molar-refractivity contribution in [2.75, 3.05) is 7.05 Å². The fourth-order valence-electron chi connectivity index (χ4n) is 2.32. The highest BCUT2D eigenvalue weighted by Crippen LogP contribution is 2.31. The molecule has 0 unspecified atom stereocenters. The molecule has 86 valence electrons. The second-order valence-corrected chi connectivity index (χ2v) is 4.66. The summed E-state index contributed by atoms with van der Waals surface area (Å²) < 4.78 is 0. The van der Waals surface area contributed by atoms with Gasteiger partial charge in [-0.2, -0.15) is 0 Å². The average Bonchev–Trinajstić information content (AvgIpc) is 2.47. The van der Waals surface area contributed by atoms with Crippen molar-refractivity contribution in [2.45, 2.75) is 32.4 Å². The number of carbonyl (C=O) groups is 1. The maximum atomic E-state index is 11.6. The quantitative estimate of drug-likeness (QED) is 0.777. The Morgan fingerprint density at radius 1 is 1.31 bits per heavy atom. The number of nitrogens with zero attached hydrogens (tertiary/aromatic N) is 1. The normalized spacial score (nSPS) is 25.2. The number of amides is 1. The van der Waals surface area contributed by atoms with E-state index in [1.165, 1.54) is 11.1 Å². The Kier molecular flexibility index (Phi) is 2.72. The lowest BCUT2D eigenvalue weighted by atomic mass is 9.97. The molecule has 0 spiro atoms. The number of hydrogen-bond acceptors (Lipinski definition) is 2. The largest absolute Gasteiger partial charge is 0.337 e. The van der Waals surface area contributed by atoms with Crippen molar-refractivity contribution in [3.05, 3.63) is 34.9 Å². The lowest BCUT2D eigenvalue weighted by molar-refractivity contribution is -0.127. The molecule has 0 aliphatic carbocycles. The van der Waals surface area contributed by atoms with Crippen LogP contribution in [0.25, 0.3) is 0 Å². The van der Waals surface area contributed by atoms with Crippen LogP contribution in [0.3, 0.4) is 0 Å². The van der Waals surface area contributed by atoms with E-state index >= 15 is 0 Å². The third-order valence-electron chi connectivity index (χ3n) is 3.50. The fourth-order valence-corrected chi connectivity index (χ4v) is 2.32. The van der Waals surface area contributed by atoms with Gasteiger partial charge in [-0.3, -0.25) is 4.79 Å². The molecule has 2 N–H and O–H groups in total. The molecule has 1 aromatic rings. The summed E-state index contributed by atoms with van der Waals surface area (Å²) in [6, 6.07) is 6.25. The third kappa shape index (κ3) is 1.71. The van der Waals surface area contributed by atoms with E-state index in [9.17, 15) is 4.79 Å². The zero-order valence-electron chi connectivity index (χ0n) is 10.0. The zero-order chi connectivity index (χ0) is 11.9. The Bertz CT molecular complexity index is 428. The highest BCUT2D eigenvalue weighted by molar-refractivity contribution is 5.80. The van der Waals surface area contributed by atoms with E-state index in [2.05, 4.69) is 32.0 Å². The molecule has 0 bridgehead atoms. The first-order chi connectivity index (χ1) is 7.50. The molecular weight excluding hydrogens is 200 g/mol. The summed E-state index contributed by atoms with van der Waals surface area (Å²) in [5, 5.41) is 0. The van der Waals surface area contributed by atoms with E-state index in [0.29, 0.717) is 6.42 Å². The molecule has 0 saturated carbocycles. The van der Waals surface area contributed by atoms with Crippen molar-refractivity contribution >= 4 is 5.91 Å². The average molecular weight is 218 g/mol. The highest BCUT2D eigenvalue weighted by Gasteiger charge is 2.35. The number of nitrogens with two attached hydrogens (primary N) is 1. The Labute approximate surface area is 96.2 Å². The number of benzene rings is 1. The molecule has 1 heterocycles. The van der Waals surface area contributed by atoms with Gasteiger partial charge >= 0.3 is 0 Å². The van der Waals surface area contributed by atoms with Gasteiger partial charge in [-0.25, -0.2) is 0 Å². The van der Waals surface area contributed by atoms with Crippen LogP contribution >= 0.6 is 0 Å². The molecule has 1 aliphatic heterocycles. The summed E-state index contributed by atoms with van der Waals surface area (Å²) in [6.45, 7) is 4.17. The standard InChI is InChI=1S/C13H18N2O/c1-8-4-5-10(6-9(8)2)13-11(14)7-12(16)15(13)3/h4-6,11,13H,7,14H2,1-3H3/t11-,13+/m0/s1. The molecule has 1 aromatic carbocycles. The second-order valence-electron chi connectivity index (χ2n) is 4.66. The van der Waals surface area contributed by atoms with Gasteiger partial charge in [0, 0.05) is 19.5 Å². The van der Waals surface area contributed by atoms with Gasteiger partial charge < -0.3 is 10.6 Å². The smallest absolute Gasteiger partial charge is 0.224 e. The molecule has 0 radical (unpaired) electrons. The lowest BCUT2D eigenvalue weighted by Crippen LogP contribution is -2.30. The van der Waals surface area contributed by atoms with E-state index < -0.39 is 0 Å². The van der Waals surface area contributed by atoms with Crippen molar-refractivity contribution in [3.63, 3.8) is 0 Å². The number of likely N-dealkylation sites (tertiary alicyclic amines) is 1. The Morgan fingerprint density at radius 3 is 2.50 bits per heavy atom. The molecule has 1 fully saturated rings. The van der Waals surface area contributed by atoms with Gasteiger partial charge in [0.2, 0.25) is 5.91 Å². The second kappa shape index (κ2) is 3.91. The van der Waals surface area contributed by atoms with Crippen LogP contribution in [0.4, 0.5) is 0 Å². The van der Waals surface area contributed by atoms with Crippen LogP contribution in [0.15, 0.2) is 18.2 Å². The summed E-state index contributed by atoms with van der Waals surface area (Å²) in [7, 11) is 1.83. The van der Waals surface area contributed by atoms with Gasteiger partial charge in [0.15, 0.2) is 0 Å². The number of likely N-dealkylation sites (N-methyl/N-ethyl adjacent to an activating group) is 1. The number of rotatable bonds is 1. The SMILES string of the molecule is Cc1ccc([C@@H]2[C@@H](N)CC(=O)N2C)cc1C. The van der Waals surface area contributed by atoms with E-state index in [1.807, 2.05) is 7.05 Å². The first kappa shape index (κ1) is 11.1. The maximum Gasteiger partial charge on any atom is 0.224 e. The predicted molar refractivity (Wildman–Crippen MR) is 64.0 cm³/mol. The van der Waals surface area contributed by atoms with Crippen LogP contribution in [0, 0.1) is 13.8 Å². The molecule has 1 saturated heterocycles. The third-order valence-corrected chi connectivity index (χ3v) is 3.50. The van der Waals surface area contributed by atoms with Crippen molar-refractivity contribution in [3.8, 4) is 0 Å². The van der Waals surface area contributed by atoms with Gasteiger partial charge in [-0.1, -0.05) is 18.2 Å². The van der Waals surface area contributed by atoms with Crippen LogP contribution in [0.2, 0.25) is 0 Å². The minimum Gasteiger partial charge on any atom is -0.337 e. The van der Waals surface area contributed by atoms with Crippen molar-refractivity contribution in [1.29, 1.82) is 0 Å². The van der Waals surface area contributed by atoms with Crippen LogP contribution in [0.1, 0.15) is 29.2 Å². The molecule has 2 rings (SSSR count). The number of hydrogen-bond donors (Lipinski definition) is 1. The van der Waals surface area contributed by atoms with Gasteiger partial charge in [0.1, 0.15) is 0 Å².